The summed E-state index contributed by atoms with van der Waals surface area (Å²) in [4.78, 5) is 36.1. The molecule has 0 spiro atoms. The van der Waals surface area contributed by atoms with Gasteiger partial charge in [0.05, 0.1) is 16.4 Å². The first-order chi connectivity index (χ1) is 15.6. The van der Waals surface area contributed by atoms with Crippen LogP contribution in [-0.4, -0.2) is 32.6 Å². The third-order valence-electron chi connectivity index (χ3n) is 5.84. The van der Waals surface area contributed by atoms with Crippen LogP contribution in [0.3, 0.4) is 0 Å². The lowest BCUT2D eigenvalue weighted by atomic mass is 10.00. The Morgan fingerprint density at radius 3 is 2.72 bits per heavy atom. The molecule has 2 aromatic heterocycles. The summed E-state index contributed by atoms with van der Waals surface area (Å²) in [7, 11) is 0. The summed E-state index contributed by atoms with van der Waals surface area (Å²) < 4.78 is 0. The fraction of sp³-hybridized carbons (Fsp3) is 0.240. The standard InChI is InChI=1S/C25H23N3O2S2/c1-16(25(30)28-12-11-17-7-5-6-10-19(17)13-28)31-15-21-26-23(29)22-20(14-32-24(22)27-21)18-8-3-2-4-9-18/h2-10,14,16H,11-13,15H2,1H3,(H,26,27,29). The number of H-pyrrole nitrogens is 1. The van der Waals surface area contributed by atoms with Gasteiger partial charge in [-0.25, -0.2) is 4.98 Å². The molecule has 7 heteroatoms. The molecular weight excluding hydrogens is 438 g/mol. The molecule has 162 valence electrons. The third kappa shape index (κ3) is 4.10. The van der Waals surface area contributed by atoms with Crippen LogP contribution in [0.25, 0.3) is 21.3 Å². The van der Waals surface area contributed by atoms with E-state index in [4.69, 9.17) is 0 Å². The van der Waals surface area contributed by atoms with Gasteiger partial charge in [0, 0.05) is 24.0 Å². The predicted molar refractivity (Wildman–Crippen MR) is 132 cm³/mol. The molecule has 3 heterocycles. The quantitative estimate of drug-likeness (QED) is 0.461. The monoisotopic (exact) mass is 461 g/mol. The van der Waals surface area contributed by atoms with E-state index < -0.39 is 0 Å². The summed E-state index contributed by atoms with van der Waals surface area (Å²) in [5.41, 5.74) is 4.35. The van der Waals surface area contributed by atoms with E-state index in [0.29, 0.717) is 23.5 Å². The number of aromatic nitrogens is 2. The highest BCUT2D eigenvalue weighted by molar-refractivity contribution is 7.99. The normalized spacial score (nSPS) is 14.3. The van der Waals surface area contributed by atoms with Crippen LogP contribution < -0.4 is 5.56 Å². The molecule has 0 aliphatic carbocycles. The van der Waals surface area contributed by atoms with Gasteiger partial charge in [0.15, 0.2) is 0 Å². The number of thioether (sulfide) groups is 1. The first-order valence-corrected chi connectivity index (χ1v) is 12.6. The molecule has 2 aromatic carbocycles. The van der Waals surface area contributed by atoms with E-state index in [1.807, 2.05) is 53.6 Å². The molecule has 5 nitrogen and oxygen atoms in total. The topological polar surface area (TPSA) is 66.1 Å². The van der Waals surface area contributed by atoms with Crippen molar-refractivity contribution in [2.75, 3.05) is 6.54 Å². The lowest BCUT2D eigenvalue weighted by Crippen LogP contribution is -2.40. The van der Waals surface area contributed by atoms with Gasteiger partial charge in [-0.05, 0) is 30.0 Å². The highest BCUT2D eigenvalue weighted by Gasteiger charge is 2.25. The van der Waals surface area contributed by atoms with Crippen molar-refractivity contribution in [3.8, 4) is 11.1 Å². The number of aromatic amines is 1. The Labute approximate surface area is 194 Å². The van der Waals surface area contributed by atoms with Gasteiger partial charge in [-0.15, -0.1) is 23.1 Å². The summed E-state index contributed by atoms with van der Waals surface area (Å²) in [5, 5.41) is 2.41. The highest BCUT2D eigenvalue weighted by atomic mass is 32.2. The fourth-order valence-electron chi connectivity index (χ4n) is 4.11. The molecule has 1 aliphatic heterocycles. The van der Waals surface area contributed by atoms with E-state index in [1.165, 1.54) is 34.2 Å². The maximum atomic E-state index is 13.0. The van der Waals surface area contributed by atoms with Gasteiger partial charge in [-0.2, -0.15) is 0 Å². The number of hydrogen-bond donors (Lipinski definition) is 1. The molecule has 1 amide bonds. The molecule has 0 saturated heterocycles. The lowest BCUT2D eigenvalue weighted by Gasteiger charge is -2.30. The number of benzene rings is 2. The molecule has 4 aromatic rings. The number of carbonyl (C=O) groups is 1. The molecule has 5 rings (SSSR count). The highest BCUT2D eigenvalue weighted by Crippen LogP contribution is 2.31. The Kier molecular flexibility index (Phi) is 5.85. The Morgan fingerprint density at radius 2 is 1.91 bits per heavy atom. The molecular formula is C25H23N3O2S2. The Balaban J connectivity index is 1.28. The summed E-state index contributed by atoms with van der Waals surface area (Å²) in [6, 6.07) is 18.2. The van der Waals surface area contributed by atoms with Crippen LogP contribution in [0.2, 0.25) is 0 Å². The van der Waals surface area contributed by atoms with Gasteiger partial charge in [0.1, 0.15) is 10.7 Å². The van der Waals surface area contributed by atoms with Crippen molar-refractivity contribution >= 4 is 39.2 Å². The average Bonchev–Trinajstić information content (AvgIpc) is 3.27. The summed E-state index contributed by atoms with van der Waals surface area (Å²) in [6.45, 7) is 3.35. The molecule has 1 N–H and O–H groups in total. The zero-order valence-electron chi connectivity index (χ0n) is 17.7. The van der Waals surface area contributed by atoms with Gasteiger partial charge in [0.2, 0.25) is 5.91 Å². The molecule has 0 radical (unpaired) electrons. The Bertz CT molecular complexity index is 1330. The Hall–Kier alpha value is -2.90. The number of nitrogens with one attached hydrogen (secondary N) is 1. The van der Waals surface area contributed by atoms with E-state index in [0.717, 1.165) is 28.9 Å². The molecule has 0 saturated carbocycles. The number of fused-ring (bicyclic) bond motifs is 2. The van der Waals surface area contributed by atoms with Crippen LogP contribution in [-0.2, 0) is 23.5 Å². The molecule has 1 aliphatic rings. The van der Waals surface area contributed by atoms with E-state index in [-0.39, 0.29) is 16.7 Å². The van der Waals surface area contributed by atoms with Crippen LogP contribution >= 0.6 is 23.1 Å². The molecule has 1 unspecified atom stereocenters. The molecule has 0 bridgehead atoms. The maximum Gasteiger partial charge on any atom is 0.260 e. The van der Waals surface area contributed by atoms with Crippen molar-refractivity contribution < 1.29 is 4.79 Å². The number of amides is 1. The minimum Gasteiger partial charge on any atom is -0.337 e. The smallest absolute Gasteiger partial charge is 0.260 e. The van der Waals surface area contributed by atoms with Gasteiger partial charge < -0.3 is 9.88 Å². The van der Waals surface area contributed by atoms with E-state index in [9.17, 15) is 9.59 Å². The zero-order chi connectivity index (χ0) is 22.1. The maximum absolute atomic E-state index is 13.0. The second-order valence-electron chi connectivity index (χ2n) is 7.94. The van der Waals surface area contributed by atoms with Crippen molar-refractivity contribution in [2.45, 2.75) is 30.9 Å². The van der Waals surface area contributed by atoms with Crippen LogP contribution in [0.4, 0.5) is 0 Å². The minimum atomic E-state index is -0.204. The van der Waals surface area contributed by atoms with Crippen LogP contribution in [0.5, 0.6) is 0 Å². The van der Waals surface area contributed by atoms with Gasteiger partial charge in [0.25, 0.3) is 5.56 Å². The van der Waals surface area contributed by atoms with E-state index >= 15 is 0 Å². The van der Waals surface area contributed by atoms with Crippen molar-refractivity contribution in [3.05, 3.63) is 87.3 Å². The van der Waals surface area contributed by atoms with E-state index in [1.54, 1.807) is 0 Å². The lowest BCUT2D eigenvalue weighted by molar-refractivity contribution is -0.131. The van der Waals surface area contributed by atoms with Crippen molar-refractivity contribution in [1.82, 2.24) is 14.9 Å². The second kappa shape index (κ2) is 8.92. The number of hydrogen-bond acceptors (Lipinski definition) is 5. The summed E-state index contributed by atoms with van der Waals surface area (Å²) in [6.07, 6.45) is 0.896. The van der Waals surface area contributed by atoms with Crippen molar-refractivity contribution in [2.24, 2.45) is 0 Å². The Morgan fingerprint density at radius 1 is 1.16 bits per heavy atom. The predicted octanol–water partition coefficient (Wildman–Crippen LogP) is 4.86. The first-order valence-electron chi connectivity index (χ1n) is 10.6. The minimum absolute atomic E-state index is 0.127. The molecule has 0 fully saturated rings. The SMILES string of the molecule is CC(SCc1nc2scc(-c3ccccc3)c2c(=O)[nH]1)C(=O)N1CCc2ccccc2C1. The third-order valence-corrected chi connectivity index (χ3v) is 7.85. The van der Waals surface area contributed by atoms with Gasteiger partial charge in [-0.1, -0.05) is 54.6 Å². The largest absolute Gasteiger partial charge is 0.337 e. The van der Waals surface area contributed by atoms with Crippen LogP contribution in [0.1, 0.15) is 23.9 Å². The molecule has 1 atom stereocenters. The fourth-order valence-corrected chi connectivity index (χ4v) is 5.91. The number of nitrogens with zero attached hydrogens (tertiary/aromatic N) is 2. The van der Waals surface area contributed by atoms with Gasteiger partial charge >= 0.3 is 0 Å². The van der Waals surface area contributed by atoms with Crippen molar-refractivity contribution in [1.29, 1.82) is 0 Å². The van der Waals surface area contributed by atoms with Crippen molar-refractivity contribution in [3.63, 3.8) is 0 Å². The van der Waals surface area contributed by atoms with Gasteiger partial charge in [-0.3, -0.25) is 9.59 Å². The number of thiophene rings is 1. The zero-order valence-corrected chi connectivity index (χ0v) is 19.3. The molecule has 32 heavy (non-hydrogen) atoms. The van der Waals surface area contributed by atoms with Crippen LogP contribution in [0, 0.1) is 0 Å². The summed E-state index contributed by atoms with van der Waals surface area (Å²) in [5.74, 6) is 1.23. The first kappa shape index (κ1) is 21.0. The van der Waals surface area contributed by atoms with Crippen LogP contribution in [0.15, 0.2) is 64.8 Å². The number of carbonyl (C=O) groups excluding carboxylic acids is 1. The number of rotatable bonds is 5. The second-order valence-corrected chi connectivity index (χ2v) is 10.1. The summed E-state index contributed by atoms with van der Waals surface area (Å²) >= 11 is 2.99. The average molecular weight is 462 g/mol. The van der Waals surface area contributed by atoms with E-state index in [2.05, 4.69) is 28.2 Å².